The Morgan fingerprint density at radius 3 is 2.17 bits per heavy atom. The third kappa shape index (κ3) is 3.65. The van der Waals surface area contributed by atoms with E-state index in [0.29, 0.717) is 23.0 Å². The van der Waals surface area contributed by atoms with E-state index in [9.17, 15) is 4.79 Å². The van der Waals surface area contributed by atoms with E-state index in [4.69, 9.17) is 14.2 Å². The molecule has 0 aromatic heterocycles. The van der Waals surface area contributed by atoms with Crippen LogP contribution in [0.25, 0.3) is 0 Å². The van der Waals surface area contributed by atoms with Crippen LogP contribution in [-0.4, -0.2) is 26.3 Å². The zero-order valence-electron chi connectivity index (χ0n) is 16.1. The summed E-state index contributed by atoms with van der Waals surface area (Å²) in [6.07, 6.45) is 1.57. The Balaban J connectivity index is 1.57. The molecule has 0 bridgehead atoms. The molecule has 0 atom stereocenters. The fourth-order valence-electron chi connectivity index (χ4n) is 3.36. The number of amides is 1. The minimum absolute atomic E-state index is 0.232. The lowest BCUT2D eigenvalue weighted by atomic mass is 9.87. The summed E-state index contributed by atoms with van der Waals surface area (Å²) in [5.41, 5.74) is 5.05. The Labute approximate surface area is 168 Å². The molecule has 6 nitrogen and oxygen atoms in total. The molecule has 0 aliphatic carbocycles. The van der Waals surface area contributed by atoms with Gasteiger partial charge in [0, 0.05) is 11.1 Å². The number of fused-ring (bicyclic) bond motifs is 2. The van der Waals surface area contributed by atoms with Crippen LogP contribution >= 0.6 is 0 Å². The summed E-state index contributed by atoms with van der Waals surface area (Å²) in [7, 11) is 3.15. The van der Waals surface area contributed by atoms with E-state index >= 15 is 0 Å². The topological polar surface area (TPSA) is 69.2 Å². The molecular weight excluding hydrogens is 368 g/mol. The second-order valence-electron chi connectivity index (χ2n) is 6.46. The quantitative estimate of drug-likeness (QED) is 0.528. The first-order valence-corrected chi connectivity index (χ1v) is 9.12. The van der Waals surface area contributed by atoms with Gasteiger partial charge in [-0.15, -0.1) is 0 Å². The van der Waals surface area contributed by atoms with Crippen molar-refractivity contribution in [2.24, 2.45) is 5.10 Å². The standard InChI is InChI=1S/C23H20N2O4/c1-27-20-12-11-15(13-21(20)28-2)14-24-25-23(26)22-16-7-3-5-9-18(16)29-19-10-6-4-8-17(19)22/h3-14,22H,1-2H3,(H,25,26)/b24-14+. The Morgan fingerprint density at radius 2 is 1.55 bits per heavy atom. The molecule has 1 amide bonds. The van der Waals surface area contributed by atoms with Crippen LogP contribution in [0.4, 0.5) is 0 Å². The van der Waals surface area contributed by atoms with E-state index < -0.39 is 5.92 Å². The summed E-state index contributed by atoms with van der Waals surface area (Å²) in [5, 5.41) is 4.13. The van der Waals surface area contributed by atoms with E-state index in [1.165, 1.54) is 0 Å². The number of ether oxygens (including phenoxy) is 3. The van der Waals surface area contributed by atoms with Crippen LogP contribution in [0, 0.1) is 0 Å². The van der Waals surface area contributed by atoms with Crippen LogP contribution in [0.3, 0.4) is 0 Å². The minimum Gasteiger partial charge on any atom is -0.493 e. The number of hydrazone groups is 1. The van der Waals surface area contributed by atoms with E-state index in [1.54, 1.807) is 32.6 Å². The van der Waals surface area contributed by atoms with Crippen molar-refractivity contribution in [3.05, 3.63) is 83.4 Å². The first-order valence-electron chi connectivity index (χ1n) is 9.12. The van der Waals surface area contributed by atoms with Crippen molar-refractivity contribution < 1.29 is 19.0 Å². The van der Waals surface area contributed by atoms with Gasteiger partial charge in [0.25, 0.3) is 5.91 Å². The number of carbonyl (C=O) groups is 1. The molecule has 1 heterocycles. The average Bonchev–Trinajstić information content (AvgIpc) is 2.77. The number of hydrogen-bond acceptors (Lipinski definition) is 5. The second kappa shape index (κ2) is 8.06. The van der Waals surface area contributed by atoms with Gasteiger partial charge < -0.3 is 14.2 Å². The first-order chi connectivity index (χ1) is 14.2. The molecule has 0 saturated heterocycles. The molecule has 1 aliphatic rings. The molecule has 0 radical (unpaired) electrons. The highest BCUT2D eigenvalue weighted by Crippen LogP contribution is 2.43. The minimum atomic E-state index is -0.501. The summed E-state index contributed by atoms with van der Waals surface area (Å²) in [4.78, 5) is 13.0. The van der Waals surface area contributed by atoms with E-state index in [-0.39, 0.29) is 5.91 Å². The first kappa shape index (κ1) is 18.6. The molecule has 4 rings (SSSR count). The van der Waals surface area contributed by atoms with Crippen molar-refractivity contribution in [3.8, 4) is 23.0 Å². The summed E-state index contributed by atoms with van der Waals surface area (Å²) in [5.74, 6) is 1.84. The third-order valence-electron chi connectivity index (χ3n) is 4.74. The number of rotatable bonds is 5. The van der Waals surface area contributed by atoms with Gasteiger partial charge in [0.15, 0.2) is 11.5 Å². The third-order valence-corrected chi connectivity index (χ3v) is 4.74. The highest BCUT2D eigenvalue weighted by atomic mass is 16.5. The number of benzene rings is 3. The van der Waals surface area contributed by atoms with Crippen molar-refractivity contribution in [1.29, 1.82) is 0 Å². The van der Waals surface area contributed by atoms with Crippen LogP contribution in [0.15, 0.2) is 71.8 Å². The molecule has 0 spiro atoms. The lowest BCUT2D eigenvalue weighted by Crippen LogP contribution is -2.28. The summed E-state index contributed by atoms with van der Waals surface area (Å²) in [6, 6.07) is 20.5. The molecule has 0 fully saturated rings. The van der Waals surface area contributed by atoms with Crippen molar-refractivity contribution in [1.82, 2.24) is 5.43 Å². The summed E-state index contributed by atoms with van der Waals surface area (Å²) >= 11 is 0. The van der Waals surface area contributed by atoms with Gasteiger partial charge in [-0.05, 0) is 35.9 Å². The van der Waals surface area contributed by atoms with E-state index in [0.717, 1.165) is 16.7 Å². The van der Waals surface area contributed by atoms with Gasteiger partial charge in [-0.2, -0.15) is 5.10 Å². The van der Waals surface area contributed by atoms with Gasteiger partial charge >= 0.3 is 0 Å². The molecular formula is C23H20N2O4. The smallest absolute Gasteiger partial charge is 0.252 e. The molecule has 146 valence electrons. The Bertz CT molecular complexity index is 1030. The van der Waals surface area contributed by atoms with Crippen molar-refractivity contribution in [2.45, 2.75) is 5.92 Å². The number of para-hydroxylation sites is 2. The Kier molecular flexibility index (Phi) is 5.16. The largest absolute Gasteiger partial charge is 0.493 e. The van der Waals surface area contributed by atoms with Gasteiger partial charge in [0.1, 0.15) is 11.5 Å². The highest BCUT2D eigenvalue weighted by Gasteiger charge is 2.32. The Hall–Kier alpha value is -3.80. The van der Waals surface area contributed by atoms with Gasteiger partial charge in [-0.1, -0.05) is 36.4 Å². The monoisotopic (exact) mass is 388 g/mol. The molecule has 0 saturated carbocycles. The van der Waals surface area contributed by atoms with Crippen LogP contribution < -0.4 is 19.6 Å². The maximum atomic E-state index is 13.0. The number of nitrogens with zero attached hydrogens (tertiary/aromatic N) is 1. The van der Waals surface area contributed by atoms with E-state index in [2.05, 4.69) is 10.5 Å². The molecule has 29 heavy (non-hydrogen) atoms. The molecule has 3 aromatic rings. The molecule has 3 aromatic carbocycles. The predicted octanol–water partition coefficient (Wildman–Crippen LogP) is 4.09. The van der Waals surface area contributed by atoms with Crippen LogP contribution in [0.5, 0.6) is 23.0 Å². The zero-order chi connectivity index (χ0) is 20.2. The van der Waals surface area contributed by atoms with Gasteiger partial charge in [0.2, 0.25) is 0 Å². The zero-order valence-corrected chi connectivity index (χ0v) is 16.1. The van der Waals surface area contributed by atoms with Crippen molar-refractivity contribution >= 4 is 12.1 Å². The second-order valence-corrected chi connectivity index (χ2v) is 6.46. The molecule has 1 N–H and O–H groups in total. The van der Waals surface area contributed by atoms with Crippen molar-refractivity contribution in [3.63, 3.8) is 0 Å². The van der Waals surface area contributed by atoms with E-state index in [1.807, 2.05) is 54.6 Å². The fraction of sp³-hybridized carbons (Fsp3) is 0.130. The van der Waals surface area contributed by atoms with Gasteiger partial charge in [0.05, 0.1) is 26.4 Å². The van der Waals surface area contributed by atoms with Crippen LogP contribution in [0.2, 0.25) is 0 Å². The summed E-state index contributed by atoms with van der Waals surface area (Å²) < 4.78 is 16.5. The Morgan fingerprint density at radius 1 is 0.931 bits per heavy atom. The fourth-order valence-corrected chi connectivity index (χ4v) is 3.36. The summed E-state index contributed by atoms with van der Waals surface area (Å²) in [6.45, 7) is 0. The van der Waals surface area contributed by atoms with Crippen molar-refractivity contribution in [2.75, 3.05) is 14.2 Å². The van der Waals surface area contributed by atoms with Gasteiger partial charge in [-0.25, -0.2) is 5.43 Å². The number of nitrogens with one attached hydrogen (secondary N) is 1. The van der Waals surface area contributed by atoms with Gasteiger partial charge in [-0.3, -0.25) is 4.79 Å². The number of methoxy groups -OCH3 is 2. The SMILES string of the molecule is COc1ccc(/C=N/NC(=O)C2c3ccccc3Oc3ccccc32)cc1OC. The normalized spacial score (nSPS) is 12.6. The molecule has 0 unspecified atom stereocenters. The number of hydrogen-bond donors (Lipinski definition) is 1. The predicted molar refractivity (Wildman–Crippen MR) is 110 cm³/mol. The molecule has 6 heteroatoms. The number of carbonyl (C=O) groups excluding carboxylic acids is 1. The molecule has 1 aliphatic heterocycles. The van der Waals surface area contributed by atoms with Crippen LogP contribution in [-0.2, 0) is 4.79 Å². The van der Waals surface area contributed by atoms with Crippen LogP contribution in [0.1, 0.15) is 22.6 Å². The average molecular weight is 388 g/mol. The maximum absolute atomic E-state index is 13.0. The highest BCUT2D eigenvalue weighted by molar-refractivity contribution is 5.90. The lowest BCUT2D eigenvalue weighted by molar-refractivity contribution is -0.121. The maximum Gasteiger partial charge on any atom is 0.252 e. The lowest BCUT2D eigenvalue weighted by Gasteiger charge is -2.26.